The molecule has 2 saturated heterocycles. The largest absolute Gasteiger partial charge is 0.492 e. The third-order valence-corrected chi connectivity index (χ3v) is 5.96. The zero-order valence-electron chi connectivity index (χ0n) is 19.9. The lowest BCUT2D eigenvalue weighted by Gasteiger charge is -2.39. The van der Waals surface area contributed by atoms with E-state index < -0.39 is 0 Å². The zero-order valence-corrected chi connectivity index (χ0v) is 22.2. The first kappa shape index (κ1) is 27.2. The number of hydrogen-bond acceptors (Lipinski definition) is 5. The van der Waals surface area contributed by atoms with Gasteiger partial charge < -0.3 is 25.2 Å². The number of rotatable bonds is 7. The van der Waals surface area contributed by atoms with Crippen molar-refractivity contribution in [3.8, 4) is 5.75 Å². The molecule has 0 bridgehead atoms. The van der Waals surface area contributed by atoms with E-state index in [9.17, 15) is 9.59 Å². The summed E-state index contributed by atoms with van der Waals surface area (Å²) in [6, 6.07) is 7.28. The summed E-state index contributed by atoms with van der Waals surface area (Å²) in [6.07, 6.45) is 2.25. The molecule has 1 atom stereocenters. The van der Waals surface area contributed by atoms with Gasteiger partial charge in [-0.2, -0.15) is 0 Å². The van der Waals surface area contributed by atoms with Crippen LogP contribution < -0.4 is 15.4 Å². The highest BCUT2D eigenvalue weighted by Gasteiger charge is 2.30. The van der Waals surface area contributed by atoms with Crippen molar-refractivity contribution in [3.63, 3.8) is 0 Å². The fraction of sp³-hybridized carbons (Fsp3) is 0.609. The number of anilines is 1. The summed E-state index contributed by atoms with van der Waals surface area (Å²) in [5.41, 5.74) is 0.717. The van der Waals surface area contributed by atoms with E-state index in [4.69, 9.17) is 4.74 Å². The van der Waals surface area contributed by atoms with E-state index in [2.05, 4.69) is 25.4 Å². The number of amides is 2. The Kier molecular flexibility index (Phi) is 11.2. The van der Waals surface area contributed by atoms with Crippen molar-refractivity contribution in [2.24, 2.45) is 4.99 Å². The summed E-state index contributed by atoms with van der Waals surface area (Å²) in [5.74, 6) is 1.71. The molecule has 0 aromatic heterocycles. The van der Waals surface area contributed by atoms with Crippen LogP contribution in [-0.2, 0) is 9.59 Å². The molecule has 1 aromatic carbocycles. The van der Waals surface area contributed by atoms with Crippen LogP contribution in [0.25, 0.3) is 0 Å². The monoisotopic (exact) mass is 572 g/mol. The Hall–Kier alpha value is -2.08. The number of halogens is 1. The minimum absolute atomic E-state index is 0. The summed E-state index contributed by atoms with van der Waals surface area (Å²) in [7, 11) is 1.78. The molecular weight excluding hydrogens is 535 g/mol. The number of benzene rings is 1. The van der Waals surface area contributed by atoms with Gasteiger partial charge in [0.05, 0.1) is 12.6 Å². The second kappa shape index (κ2) is 13.6. The SMILES string of the molecule is CN=C(NCCOc1cccc(NC(C)=O)c1)N1CCN(C(C)C(=O)N2CCCC2)CC1.I. The number of nitrogens with one attached hydrogen (secondary N) is 2. The minimum Gasteiger partial charge on any atom is -0.492 e. The fourth-order valence-electron chi connectivity index (χ4n) is 4.21. The smallest absolute Gasteiger partial charge is 0.239 e. The highest BCUT2D eigenvalue weighted by atomic mass is 127. The lowest BCUT2D eigenvalue weighted by Crippen LogP contribution is -2.57. The number of likely N-dealkylation sites (tertiary alicyclic amines) is 1. The second-order valence-corrected chi connectivity index (χ2v) is 8.26. The first-order valence-corrected chi connectivity index (χ1v) is 11.5. The normalized spacial score (nSPS) is 17.8. The van der Waals surface area contributed by atoms with Crippen molar-refractivity contribution < 1.29 is 14.3 Å². The Morgan fingerprint density at radius 1 is 1.09 bits per heavy atom. The molecule has 0 saturated carbocycles. The van der Waals surface area contributed by atoms with Crippen molar-refractivity contribution >= 4 is 47.4 Å². The lowest BCUT2D eigenvalue weighted by molar-refractivity contribution is -0.135. The first-order valence-electron chi connectivity index (χ1n) is 11.5. The number of piperazine rings is 1. The van der Waals surface area contributed by atoms with Gasteiger partial charge >= 0.3 is 0 Å². The highest BCUT2D eigenvalue weighted by Crippen LogP contribution is 2.17. The molecule has 0 spiro atoms. The predicted octanol–water partition coefficient (Wildman–Crippen LogP) is 1.85. The maximum Gasteiger partial charge on any atom is 0.239 e. The molecule has 2 amide bonds. The van der Waals surface area contributed by atoms with Crippen LogP contribution in [0.3, 0.4) is 0 Å². The Balaban J connectivity index is 0.00000385. The minimum atomic E-state index is -0.109. The molecule has 10 heteroatoms. The van der Waals surface area contributed by atoms with Gasteiger partial charge in [-0.3, -0.25) is 19.5 Å². The highest BCUT2D eigenvalue weighted by molar-refractivity contribution is 14.0. The molecule has 184 valence electrons. The molecule has 9 nitrogen and oxygen atoms in total. The Morgan fingerprint density at radius 2 is 1.79 bits per heavy atom. The van der Waals surface area contributed by atoms with Gasteiger partial charge in [0.15, 0.2) is 5.96 Å². The number of guanidine groups is 1. The quantitative estimate of drug-likeness (QED) is 0.225. The molecule has 1 unspecified atom stereocenters. The van der Waals surface area contributed by atoms with Crippen molar-refractivity contribution in [2.75, 3.05) is 64.8 Å². The third-order valence-electron chi connectivity index (χ3n) is 5.96. The molecule has 2 aliphatic heterocycles. The maximum absolute atomic E-state index is 12.7. The standard InChI is InChI=1S/C23H36N6O3.HI/c1-18(22(31)28-10-4-5-11-28)27-12-14-29(15-13-27)23(24-3)25-9-16-32-21-8-6-7-20(17-21)26-19(2)30;/h6-8,17-18H,4-5,9-16H2,1-3H3,(H,24,25)(H,26,30);1H. The fourth-order valence-corrected chi connectivity index (χ4v) is 4.21. The van der Waals surface area contributed by atoms with Gasteiger partial charge in [0, 0.05) is 65.0 Å². The number of nitrogens with zero attached hydrogens (tertiary/aromatic N) is 4. The average molecular weight is 572 g/mol. The number of carbonyl (C=O) groups is 2. The lowest BCUT2D eigenvalue weighted by atomic mass is 10.2. The topological polar surface area (TPSA) is 89.5 Å². The van der Waals surface area contributed by atoms with Crippen LogP contribution in [0.15, 0.2) is 29.3 Å². The average Bonchev–Trinajstić information content (AvgIpc) is 3.33. The van der Waals surface area contributed by atoms with Gasteiger partial charge in [-0.05, 0) is 31.9 Å². The molecule has 3 rings (SSSR count). The molecular formula is C23H37IN6O3. The van der Waals surface area contributed by atoms with E-state index in [1.165, 1.54) is 6.92 Å². The molecule has 33 heavy (non-hydrogen) atoms. The number of carbonyl (C=O) groups excluding carboxylic acids is 2. The van der Waals surface area contributed by atoms with E-state index in [-0.39, 0.29) is 41.8 Å². The Bertz CT molecular complexity index is 807. The van der Waals surface area contributed by atoms with Gasteiger partial charge in [-0.25, -0.2) is 0 Å². The maximum atomic E-state index is 12.7. The molecule has 0 aliphatic carbocycles. The van der Waals surface area contributed by atoms with Crippen LogP contribution in [0.2, 0.25) is 0 Å². The van der Waals surface area contributed by atoms with E-state index >= 15 is 0 Å². The van der Waals surface area contributed by atoms with E-state index in [1.54, 1.807) is 13.1 Å². The zero-order chi connectivity index (χ0) is 22.9. The van der Waals surface area contributed by atoms with Gasteiger partial charge in [-0.15, -0.1) is 24.0 Å². The summed E-state index contributed by atoms with van der Waals surface area (Å²) in [6.45, 7) is 9.75. The van der Waals surface area contributed by atoms with Gasteiger partial charge in [-0.1, -0.05) is 6.07 Å². The molecule has 2 N–H and O–H groups in total. The molecule has 2 fully saturated rings. The summed E-state index contributed by atoms with van der Waals surface area (Å²) in [4.78, 5) is 34.8. The van der Waals surface area contributed by atoms with Crippen molar-refractivity contribution in [1.29, 1.82) is 0 Å². The van der Waals surface area contributed by atoms with Gasteiger partial charge in [0.1, 0.15) is 12.4 Å². The number of hydrogen-bond donors (Lipinski definition) is 2. The second-order valence-electron chi connectivity index (χ2n) is 8.26. The molecule has 1 aromatic rings. The van der Waals surface area contributed by atoms with Crippen LogP contribution in [0.1, 0.15) is 26.7 Å². The van der Waals surface area contributed by atoms with E-state index in [1.807, 2.05) is 30.0 Å². The Morgan fingerprint density at radius 3 is 2.42 bits per heavy atom. The van der Waals surface area contributed by atoms with E-state index in [0.717, 1.165) is 58.1 Å². The number of ether oxygens (including phenoxy) is 1. The van der Waals surface area contributed by atoms with Gasteiger partial charge in [0.2, 0.25) is 11.8 Å². The van der Waals surface area contributed by atoms with Crippen molar-refractivity contribution in [1.82, 2.24) is 20.0 Å². The molecule has 2 heterocycles. The van der Waals surface area contributed by atoms with Crippen molar-refractivity contribution in [2.45, 2.75) is 32.7 Å². The van der Waals surface area contributed by atoms with Gasteiger partial charge in [0.25, 0.3) is 0 Å². The summed E-state index contributed by atoms with van der Waals surface area (Å²) in [5, 5.41) is 6.11. The summed E-state index contributed by atoms with van der Waals surface area (Å²) >= 11 is 0. The van der Waals surface area contributed by atoms with Crippen LogP contribution in [0, 0.1) is 0 Å². The van der Waals surface area contributed by atoms with Crippen LogP contribution >= 0.6 is 24.0 Å². The van der Waals surface area contributed by atoms with Crippen molar-refractivity contribution in [3.05, 3.63) is 24.3 Å². The third kappa shape index (κ3) is 8.02. The summed E-state index contributed by atoms with van der Waals surface area (Å²) < 4.78 is 5.80. The molecule has 0 radical (unpaired) electrons. The first-order chi connectivity index (χ1) is 15.5. The Labute approximate surface area is 213 Å². The van der Waals surface area contributed by atoms with Crippen LogP contribution in [-0.4, -0.2) is 98.0 Å². The van der Waals surface area contributed by atoms with Crippen LogP contribution in [0.5, 0.6) is 5.75 Å². The molecule has 2 aliphatic rings. The van der Waals surface area contributed by atoms with Crippen LogP contribution in [0.4, 0.5) is 5.69 Å². The predicted molar refractivity (Wildman–Crippen MR) is 141 cm³/mol. The number of aliphatic imine (C=N–C) groups is 1. The van der Waals surface area contributed by atoms with E-state index in [0.29, 0.717) is 24.6 Å².